The van der Waals surface area contributed by atoms with E-state index in [0.29, 0.717) is 31.7 Å². The Bertz CT molecular complexity index is 750. The highest BCUT2D eigenvalue weighted by Crippen LogP contribution is 2.19. The Morgan fingerprint density at radius 1 is 1.15 bits per heavy atom. The Labute approximate surface area is 161 Å². The number of hydrogen-bond acceptors (Lipinski definition) is 6. The van der Waals surface area contributed by atoms with Crippen molar-refractivity contribution in [1.29, 1.82) is 0 Å². The van der Waals surface area contributed by atoms with Gasteiger partial charge in [-0.05, 0) is 32.9 Å². The monoisotopic (exact) mass is 396 g/mol. The maximum absolute atomic E-state index is 12.7. The summed E-state index contributed by atoms with van der Waals surface area (Å²) in [6.45, 7) is 8.76. The van der Waals surface area contributed by atoms with Gasteiger partial charge in [-0.15, -0.1) is 0 Å². The third kappa shape index (κ3) is 4.59. The van der Waals surface area contributed by atoms with Gasteiger partial charge in [0.05, 0.1) is 23.5 Å². The number of aromatic nitrogens is 1. The van der Waals surface area contributed by atoms with Gasteiger partial charge in [-0.3, -0.25) is 4.79 Å². The van der Waals surface area contributed by atoms with Crippen LogP contribution in [-0.4, -0.2) is 85.7 Å². The standard InChI is InChI=1S/C18H28N4O4S/c1-4-27(24,25)22-9-7-20(8-10-22)18(23)16-5-6-17(19-11-16)21-12-14(2)26-15(3)13-21/h5-6,11,14-15H,4,7-10,12-13H2,1-3H3. The number of ether oxygens (including phenoxy) is 1. The molecule has 8 nitrogen and oxygen atoms in total. The van der Waals surface area contributed by atoms with Gasteiger partial charge in [0.2, 0.25) is 10.0 Å². The zero-order valence-corrected chi connectivity index (χ0v) is 17.0. The van der Waals surface area contributed by atoms with Crippen molar-refractivity contribution >= 4 is 21.7 Å². The minimum Gasteiger partial charge on any atom is -0.372 e. The van der Waals surface area contributed by atoms with Gasteiger partial charge in [-0.2, -0.15) is 4.31 Å². The molecule has 3 rings (SSSR count). The average molecular weight is 397 g/mol. The fraction of sp³-hybridized carbons (Fsp3) is 0.667. The first-order valence-electron chi connectivity index (χ1n) is 9.43. The first-order chi connectivity index (χ1) is 12.8. The van der Waals surface area contributed by atoms with Crippen LogP contribution in [0.5, 0.6) is 0 Å². The molecular formula is C18H28N4O4S. The van der Waals surface area contributed by atoms with Crippen molar-refractivity contribution in [2.45, 2.75) is 33.0 Å². The minimum absolute atomic E-state index is 0.0884. The number of pyridine rings is 1. The van der Waals surface area contributed by atoms with Gasteiger partial charge in [0, 0.05) is 45.5 Å². The van der Waals surface area contributed by atoms with Gasteiger partial charge >= 0.3 is 0 Å². The van der Waals surface area contributed by atoms with E-state index in [0.717, 1.165) is 18.9 Å². The number of piperazine rings is 1. The highest BCUT2D eigenvalue weighted by molar-refractivity contribution is 7.89. The summed E-state index contributed by atoms with van der Waals surface area (Å²) in [5, 5.41) is 0. The molecule has 2 fully saturated rings. The Morgan fingerprint density at radius 2 is 1.78 bits per heavy atom. The molecule has 1 aromatic heterocycles. The molecule has 0 bridgehead atoms. The third-order valence-corrected chi connectivity index (χ3v) is 6.90. The van der Waals surface area contributed by atoms with Crippen molar-refractivity contribution in [1.82, 2.24) is 14.2 Å². The van der Waals surface area contributed by atoms with Crippen molar-refractivity contribution in [2.24, 2.45) is 0 Å². The van der Waals surface area contributed by atoms with Crippen molar-refractivity contribution in [2.75, 3.05) is 49.9 Å². The summed E-state index contributed by atoms with van der Waals surface area (Å²) in [7, 11) is -3.19. The van der Waals surface area contributed by atoms with E-state index in [4.69, 9.17) is 4.74 Å². The SMILES string of the molecule is CCS(=O)(=O)N1CCN(C(=O)c2ccc(N3CC(C)OC(C)C3)nc2)CC1. The van der Waals surface area contributed by atoms with Gasteiger partial charge in [-0.1, -0.05) is 0 Å². The molecule has 0 N–H and O–H groups in total. The molecular weight excluding hydrogens is 368 g/mol. The minimum atomic E-state index is -3.19. The van der Waals surface area contributed by atoms with E-state index < -0.39 is 10.0 Å². The van der Waals surface area contributed by atoms with E-state index in [1.54, 1.807) is 24.1 Å². The van der Waals surface area contributed by atoms with Gasteiger partial charge < -0.3 is 14.5 Å². The van der Waals surface area contributed by atoms with Gasteiger partial charge in [-0.25, -0.2) is 13.4 Å². The number of nitrogens with zero attached hydrogens (tertiary/aromatic N) is 4. The first kappa shape index (κ1) is 20.0. The Hall–Kier alpha value is -1.71. The van der Waals surface area contributed by atoms with Crippen LogP contribution in [0.25, 0.3) is 0 Å². The second kappa shape index (κ2) is 8.12. The summed E-state index contributed by atoms with van der Waals surface area (Å²) < 4.78 is 31.1. The summed E-state index contributed by atoms with van der Waals surface area (Å²) in [5.74, 6) is 0.823. The van der Waals surface area contributed by atoms with Crippen LogP contribution in [0.2, 0.25) is 0 Å². The predicted molar refractivity (Wildman–Crippen MR) is 103 cm³/mol. The van der Waals surface area contributed by atoms with Crippen molar-refractivity contribution in [3.8, 4) is 0 Å². The average Bonchev–Trinajstić information content (AvgIpc) is 2.67. The molecule has 0 aliphatic carbocycles. The molecule has 2 aliphatic heterocycles. The molecule has 0 spiro atoms. The maximum atomic E-state index is 12.7. The number of hydrogen-bond donors (Lipinski definition) is 0. The lowest BCUT2D eigenvalue weighted by Crippen LogP contribution is -2.50. The molecule has 0 aromatic carbocycles. The smallest absolute Gasteiger partial charge is 0.255 e. The normalized spacial score (nSPS) is 24.9. The molecule has 3 heterocycles. The van der Waals surface area contributed by atoms with Crippen LogP contribution in [0.15, 0.2) is 18.3 Å². The van der Waals surface area contributed by atoms with E-state index in [2.05, 4.69) is 9.88 Å². The van der Waals surface area contributed by atoms with Crippen molar-refractivity contribution < 1.29 is 17.9 Å². The highest BCUT2D eigenvalue weighted by Gasteiger charge is 2.28. The van der Waals surface area contributed by atoms with Crippen LogP contribution in [0.3, 0.4) is 0 Å². The quantitative estimate of drug-likeness (QED) is 0.749. The van der Waals surface area contributed by atoms with Gasteiger partial charge in [0.15, 0.2) is 0 Å². The molecule has 2 unspecified atom stereocenters. The summed E-state index contributed by atoms with van der Waals surface area (Å²) in [4.78, 5) is 21.0. The molecule has 2 aliphatic rings. The van der Waals surface area contributed by atoms with Crippen LogP contribution < -0.4 is 4.90 Å². The summed E-state index contributed by atoms with van der Waals surface area (Å²) >= 11 is 0. The number of sulfonamides is 1. The Kier molecular flexibility index (Phi) is 6.02. The first-order valence-corrected chi connectivity index (χ1v) is 11.0. The Morgan fingerprint density at radius 3 is 2.30 bits per heavy atom. The van der Waals surface area contributed by atoms with Crippen LogP contribution in [0, 0.1) is 0 Å². The molecule has 27 heavy (non-hydrogen) atoms. The molecule has 150 valence electrons. The number of anilines is 1. The van der Waals surface area contributed by atoms with E-state index in [-0.39, 0.29) is 23.9 Å². The number of carbonyl (C=O) groups is 1. The summed E-state index contributed by atoms with van der Waals surface area (Å²) in [5.41, 5.74) is 0.528. The second-order valence-electron chi connectivity index (χ2n) is 7.16. The molecule has 0 saturated carbocycles. The number of amides is 1. The van der Waals surface area contributed by atoms with Crippen LogP contribution in [0.1, 0.15) is 31.1 Å². The summed E-state index contributed by atoms with van der Waals surface area (Å²) in [6, 6.07) is 3.67. The van der Waals surface area contributed by atoms with Crippen LogP contribution >= 0.6 is 0 Å². The largest absolute Gasteiger partial charge is 0.372 e. The van der Waals surface area contributed by atoms with Crippen molar-refractivity contribution in [3.05, 3.63) is 23.9 Å². The molecule has 0 radical (unpaired) electrons. The fourth-order valence-corrected chi connectivity index (χ4v) is 4.68. The lowest BCUT2D eigenvalue weighted by atomic mass is 10.2. The third-order valence-electron chi connectivity index (χ3n) is 5.02. The van der Waals surface area contributed by atoms with Gasteiger partial charge in [0.25, 0.3) is 5.91 Å². The fourth-order valence-electron chi connectivity index (χ4n) is 3.60. The zero-order valence-electron chi connectivity index (χ0n) is 16.2. The second-order valence-corrected chi connectivity index (χ2v) is 9.42. The van der Waals surface area contributed by atoms with Gasteiger partial charge in [0.1, 0.15) is 5.82 Å². The summed E-state index contributed by atoms with van der Waals surface area (Å²) in [6.07, 6.45) is 1.90. The van der Waals surface area contributed by atoms with E-state index >= 15 is 0 Å². The molecule has 1 aromatic rings. The lowest BCUT2D eigenvalue weighted by molar-refractivity contribution is -0.00546. The van der Waals surface area contributed by atoms with E-state index in [9.17, 15) is 13.2 Å². The Balaban J connectivity index is 1.61. The maximum Gasteiger partial charge on any atom is 0.255 e. The number of rotatable bonds is 4. The van der Waals surface area contributed by atoms with Crippen molar-refractivity contribution in [3.63, 3.8) is 0 Å². The lowest BCUT2D eigenvalue weighted by Gasteiger charge is -2.36. The number of morpholine rings is 1. The van der Waals surface area contributed by atoms with Crippen LogP contribution in [-0.2, 0) is 14.8 Å². The molecule has 1 amide bonds. The molecule has 2 saturated heterocycles. The number of carbonyl (C=O) groups excluding carboxylic acids is 1. The molecule has 2 atom stereocenters. The van der Waals surface area contributed by atoms with E-state index in [1.807, 2.05) is 19.9 Å². The zero-order chi connectivity index (χ0) is 19.6. The van der Waals surface area contributed by atoms with Crippen LogP contribution in [0.4, 0.5) is 5.82 Å². The highest BCUT2D eigenvalue weighted by atomic mass is 32.2. The predicted octanol–water partition coefficient (Wildman–Crippen LogP) is 0.803. The van der Waals surface area contributed by atoms with E-state index in [1.165, 1.54) is 4.31 Å². The topological polar surface area (TPSA) is 83.1 Å². The molecule has 9 heteroatoms.